The predicted octanol–water partition coefficient (Wildman–Crippen LogP) is 2.83. The van der Waals surface area contributed by atoms with E-state index >= 15 is 0 Å². The number of aromatic nitrogens is 5. The summed E-state index contributed by atoms with van der Waals surface area (Å²) in [6.07, 6.45) is 6.38. The standard InChI is InChI=1S/C15H13N5/c1-2-10-8-12-11(5-7-16-15(12)19-10)13-9-18-20-14(13)4-3-6-17-20/h3-9H,2H2,1H3,(H,16,19). The number of fused-ring (bicyclic) bond motifs is 2. The molecule has 4 aromatic rings. The van der Waals surface area contributed by atoms with Crippen molar-refractivity contribution in [1.82, 2.24) is 24.8 Å². The minimum atomic E-state index is 0.919. The third kappa shape index (κ3) is 1.53. The van der Waals surface area contributed by atoms with Gasteiger partial charge in [-0.25, -0.2) is 4.98 Å². The van der Waals surface area contributed by atoms with Gasteiger partial charge in [0.25, 0.3) is 0 Å². The van der Waals surface area contributed by atoms with Crippen molar-refractivity contribution in [3.8, 4) is 11.1 Å². The molecule has 0 aromatic carbocycles. The first-order chi connectivity index (χ1) is 9.86. The highest BCUT2D eigenvalue weighted by molar-refractivity contribution is 5.97. The molecule has 5 nitrogen and oxygen atoms in total. The summed E-state index contributed by atoms with van der Waals surface area (Å²) in [5.74, 6) is 0. The van der Waals surface area contributed by atoms with Crippen LogP contribution in [0.5, 0.6) is 0 Å². The van der Waals surface area contributed by atoms with Crippen LogP contribution >= 0.6 is 0 Å². The summed E-state index contributed by atoms with van der Waals surface area (Å²) in [5, 5.41) is 9.64. The molecule has 0 spiro atoms. The largest absolute Gasteiger partial charge is 0.343 e. The molecule has 4 rings (SSSR count). The fraction of sp³-hybridized carbons (Fsp3) is 0.133. The molecule has 4 heterocycles. The molecule has 0 radical (unpaired) electrons. The van der Waals surface area contributed by atoms with Crippen LogP contribution in [0.1, 0.15) is 12.6 Å². The van der Waals surface area contributed by atoms with Crippen molar-refractivity contribution in [3.63, 3.8) is 0 Å². The van der Waals surface area contributed by atoms with Gasteiger partial charge in [0, 0.05) is 29.0 Å². The van der Waals surface area contributed by atoms with Crippen LogP contribution < -0.4 is 0 Å². The molecule has 20 heavy (non-hydrogen) atoms. The van der Waals surface area contributed by atoms with Gasteiger partial charge in [0.1, 0.15) is 5.65 Å². The summed E-state index contributed by atoms with van der Waals surface area (Å²) in [6, 6.07) is 8.14. The summed E-state index contributed by atoms with van der Waals surface area (Å²) in [5.41, 5.74) is 5.32. The number of nitrogens with one attached hydrogen (secondary N) is 1. The Morgan fingerprint density at radius 1 is 1.15 bits per heavy atom. The van der Waals surface area contributed by atoms with Crippen molar-refractivity contribution in [2.24, 2.45) is 0 Å². The van der Waals surface area contributed by atoms with E-state index in [4.69, 9.17) is 0 Å². The fourth-order valence-corrected chi connectivity index (χ4v) is 2.55. The van der Waals surface area contributed by atoms with E-state index in [1.54, 1.807) is 10.8 Å². The average molecular weight is 263 g/mol. The molecule has 0 aliphatic carbocycles. The predicted molar refractivity (Wildman–Crippen MR) is 77.5 cm³/mol. The van der Waals surface area contributed by atoms with Gasteiger partial charge in [0.2, 0.25) is 0 Å². The van der Waals surface area contributed by atoms with Crippen molar-refractivity contribution in [1.29, 1.82) is 0 Å². The SMILES string of the molecule is CCc1cc2c(-c3cnn4ncccc34)ccnc2[nH]1. The number of hydrogen-bond donors (Lipinski definition) is 1. The molecule has 4 aromatic heterocycles. The van der Waals surface area contributed by atoms with Gasteiger partial charge >= 0.3 is 0 Å². The van der Waals surface area contributed by atoms with Crippen LogP contribution in [0, 0.1) is 0 Å². The van der Waals surface area contributed by atoms with Gasteiger partial charge in [-0.05, 0) is 36.2 Å². The Kier molecular flexibility index (Phi) is 2.32. The van der Waals surface area contributed by atoms with Crippen molar-refractivity contribution in [3.05, 3.63) is 48.5 Å². The van der Waals surface area contributed by atoms with Crippen LogP contribution in [0.2, 0.25) is 0 Å². The van der Waals surface area contributed by atoms with Crippen LogP contribution in [0.25, 0.3) is 27.7 Å². The molecular weight excluding hydrogens is 250 g/mol. The average Bonchev–Trinajstić information content (AvgIpc) is 3.10. The molecule has 1 N–H and O–H groups in total. The van der Waals surface area contributed by atoms with Crippen LogP contribution in [-0.4, -0.2) is 24.8 Å². The third-order valence-electron chi connectivity index (χ3n) is 3.56. The molecule has 0 saturated carbocycles. The topological polar surface area (TPSA) is 58.9 Å². The normalized spacial score (nSPS) is 11.4. The first-order valence-electron chi connectivity index (χ1n) is 6.63. The molecule has 0 aliphatic heterocycles. The Labute approximate surface area is 115 Å². The Morgan fingerprint density at radius 3 is 3.00 bits per heavy atom. The van der Waals surface area contributed by atoms with Crippen molar-refractivity contribution in [2.45, 2.75) is 13.3 Å². The second-order valence-corrected chi connectivity index (χ2v) is 4.73. The number of aryl methyl sites for hydroxylation is 1. The van der Waals surface area contributed by atoms with Crippen LogP contribution in [0.3, 0.4) is 0 Å². The van der Waals surface area contributed by atoms with Gasteiger partial charge in [-0.3, -0.25) is 0 Å². The molecule has 5 heteroatoms. The van der Waals surface area contributed by atoms with E-state index in [2.05, 4.69) is 33.2 Å². The Balaban J connectivity index is 2.04. The van der Waals surface area contributed by atoms with Crippen LogP contribution in [0.15, 0.2) is 42.9 Å². The summed E-state index contributed by atoms with van der Waals surface area (Å²) in [4.78, 5) is 7.74. The second-order valence-electron chi connectivity index (χ2n) is 4.73. The van der Waals surface area contributed by atoms with E-state index in [0.29, 0.717) is 0 Å². The number of H-pyrrole nitrogens is 1. The lowest BCUT2D eigenvalue weighted by atomic mass is 10.1. The zero-order valence-corrected chi connectivity index (χ0v) is 11.0. The van der Waals surface area contributed by atoms with Gasteiger partial charge < -0.3 is 4.98 Å². The first-order valence-corrected chi connectivity index (χ1v) is 6.63. The van der Waals surface area contributed by atoms with E-state index in [-0.39, 0.29) is 0 Å². The molecule has 0 atom stereocenters. The van der Waals surface area contributed by atoms with Crippen molar-refractivity contribution in [2.75, 3.05) is 0 Å². The monoisotopic (exact) mass is 263 g/mol. The van der Waals surface area contributed by atoms with Gasteiger partial charge in [-0.1, -0.05) is 6.92 Å². The molecule has 98 valence electrons. The lowest BCUT2D eigenvalue weighted by Crippen LogP contribution is -1.90. The molecule has 0 fully saturated rings. The van der Waals surface area contributed by atoms with E-state index in [0.717, 1.165) is 34.1 Å². The zero-order valence-electron chi connectivity index (χ0n) is 11.0. The summed E-state index contributed by atoms with van der Waals surface area (Å²) in [6.45, 7) is 2.13. The number of aromatic amines is 1. The van der Waals surface area contributed by atoms with Crippen LogP contribution in [-0.2, 0) is 6.42 Å². The van der Waals surface area contributed by atoms with Gasteiger partial charge in [0.15, 0.2) is 0 Å². The quantitative estimate of drug-likeness (QED) is 0.605. The maximum absolute atomic E-state index is 4.40. The lowest BCUT2D eigenvalue weighted by Gasteiger charge is -2.00. The highest BCUT2D eigenvalue weighted by Gasteiger charge is 2.12. The minimum Gasteiger partial charge on any atom is -0.343 e. The summed E-state index contributed by atoms with van der Waals surface area (Å²) < 4.78 is 1.65. The lowest BCUT2D eigenvalue weighted by molar-refractivity contribution is 0.800. The fourth-order valence-electron chi connectivity index (χ4n) is 2.55. The maximum Gasteiger partial charge on any atom is 0.138 e. The number of hydrogen-bond acceptors (Lipinski definition) is 3. The van der Waals surface area contributed by atoms with Crippen molar-refractivity contribution >= 4 is 16.6 Å². The Hall–Kier alpha value is -2.69. The highest BCUT2D eigenvalue weighted by atomic mass is 15.4. The Bertz CT molecular complexity index is 903. The van der Waals surface area contributed by atoms with Gasteiger partial charge in [-0.2, -0.15) is 14.8 Å². The smallest absolute Gasteiger partial charge is 0.138 e. The van der Waals surface area contributed by atoms with E-state index < -0.39 is 0 Å². The molecule has 0 aliphatic rings. The van der Waals surface area contributed by atoms with E-state index in [1.165, 1.54) is 5.69 Å². The third-order valence-corrected chi connectivity index (χ3v) is 3.56. The van der Waals surface area contributed by atoms with E-state index in [1.807, 2.05) is 30.6 Å². The Morgan fingerprint density at radius 2 is 2.10 bits per heavy atom. The number of rotatable bonds is 2. The zero-order chi connectivity index (χ0) is 13.5. The highest BCUT2D eigenvalue weighted by Crippen LogP contribution is 2.30. The molecule has 0 saturated heterocycles. The molecular formula is C15H13N5. The summed E-state index contributed by atoms with van der Waals surface area (Å²) >= 11 is 0. The van der Waals surface area contributed by atoms with Gasteiger partial charge in [-0.15, -0.1) is 0 Å². The first kappa shape index (κ1) is 11.2. The van der Waals surface area contributed by atoms with E-state index in [9.17, 15) is 0 Å². The van der Waals surface area contributed by atoms with Gasteiger partial charge in [0.05, 0.1) is 11.7 Å². The summed E-state index contributed by atoms with van der Waals surface area (Å²) in [7, 11) is 0. The molecule has 0 amide bonds. The van der Waals surface area contributed by atoms with Crippen molar-refractivity contribution < 1.29 is 0 Å². The minimum absolute atomic E-state index is 0.919. The molecule has 0 bridgehead atoms. The molecule has 0 unspecified atom stereocenters. The number of nitrogens with zero attached hydrogens (tertiary/aromatic N) is 4. The maximum atomic E-state index is 4.40. The number of pyridine rings is 1. The second kappa shape index (κ2) is 4.16. The van der Waals surface area contributed by atoms with Crippen LogP contribution in [0.4, 0.5) is 0 Å².